The lowest BCUT2D eigenvalue weighted by Gasteiger charge is -2.46. The first-order chi connectivity index (χ1) is 13.4. The Bertz CT molecular complexity index is 776. The van der Waals surface area contributed by atoms with Gasteiger partial charge in [0.25, 0.3) is 0 Å². The third kappa shape index (κ3) is 2.78. The normalized spacial score (nSPS) is 39.0. The van der Waals surface area contributed by atoms with Crippen molar-refractivity contribution in [2.75, 3.05) is 7.11 Å². The number of benzene rings is 1. The molecule has 6 heteroatoms. The zero-order valence-electron chi connectivity index (χ0n) is 16.3. The minimum Gasteiger partial charge on any atom is -0.469 e. The van der Waals surface area contributed by atoms with E-state index in [-0.39, 0.29) is 42.2 Å². The standard InChI is InChI=1S/C22H26O6/c1-4-18-17-10-16(20(24)25-3)14(2)11-21(17)22(27-18,12-19(23)28-21)26-13-15-8-6-5-7-9-15/h4-9,14,16-18H,1,10-13H2,2-3H3/t14-,16-,17+,18?,21+,22+/m1/s1. The van der Waals surface area contributed by atoms with Crippen molar-refractivity contribution < 1.29 is 28.5 Å². The van der Waals surface area contributed by atoms with Crippen molar-refractivity contribution in [2.45, 2.75) is 50.3 Å². The van der Waals surface area contributed by atoms with Crippen molar-refractivity contribution >= 4 is 11.9 Å². The van der Waals surface area contributed by atoms with Crippen molar-refractivity contribution in [1.29, 1.82) is 0 Å². The van der Waals surface area contributed by atoms with E-state index in [1.165, 1.54) is 7.11 Å². The number of ether oxygens (including phenoxy) is 4. The molecule has 0 radical (unpaired) electrons. The summed E-state index contributed by atoms with van der Waals surface area (Å²) in [6.45, 7) is 6.20. The molecule has 1 aliphatic carbocycles. The highest BCUT2D eigenvalue weighted by molar-refractivity contribution is 5.76. The quantitative estimate of drug-likeness (QED) is 0.572. The number of carbonyl (C=O) groups is 2. The van der Waals surface area contributed by atoms with E-state index in [0.717, 1.165) is 5.56 Å². The van der Waals surface area contributed by atoms with Crippen molar-refractivity contribution in [1.82, 2.24) is 0 Å². The fourth-order valence-electron chi connectivity index (χ4n) is 5.20. The monoisotopic (exact) mass is 386 g/mol. The van der Waals surface area contributed by atoms with Gasteiger partial charge in [-0.3, -0.25) is 9.59 Å². The number of carbonyl (C=O) groups excluding carboxylic acids is 2. The molecule has 4 rings (SSSR count). The molecule has 1 saturated carbocycles. The summed E-state index contributed by atoms with van der Waals surface area (Å²) in [4.78, 5) is 24.7. The Labute approximate surface area is 164 Å². The SMILES string of the molecule is C=CC1O[C@@]2(OCc3ccccc3)CC(=O)O[C@]23C[C@@H](C)[C@H](C(=O)OC)C[C@@H]13. The highest BCUT2D eigenvalue weighted by atomic mass is 16.8. The Morgan fingerprint density at radius 1 is 1.36 bits per heavy atom. The maximum atomic E-state index is 12.4. The Morgan fingerprint density at radius 2 is 2.11 bits per heavy atom. The second-order valence-corrected chi connectivity index (χ2v) is 8.04. The van der Waals surface area contributed by atoms with Crippen molar-refractivity contribution in [2.24, 2.45) is 17.8 Å². The van der Waals surface area contributed by atoms with Gasteiger partial charge in [0.1, 0.15) is 6.42 Å². The van der Waals surface area contributed by atoms with Crippen LogP contribution in [0.15, 0.2) is 43.0 Å². The number of hydrogen-bond acceptors (Lipinski definition) is 6. The maximum absolute atomic E-state index is 12.4. The van der Waals surface area contributed by atoms with Gasteiger partial charge in [0.05, 0.1) is 25.7 Å². The minimum absolute atomic E-state index is 0.0264. The van der Waals surface area contributed by atoms with Crippen molar-refractivity contribution in [3.05, 3.63) is 48.6 Å². The smallest absolute Gasteiger partial charge is 0.312 e. The Morgan fingerprint density at radius 3 is 2.79 bits per heavy atom. The topological polar surface area (TPSA) is 71.1 Å². The van der Waals surface area contributed by atoms with Crippen LogP contribution in [0.4, 0.5) is 0 Å². The van der Waals surface area contributed by atoms with Gasteiger partial charge >= 0.3 is 11.9 Å². The van der Waals surface area contributed by atoms with Gasteiger partial charge in [-0.25, -0.2) is 0 Å². The highest BCUT2D eigenvalue weighted by Gasteiger charge is 2.75. The van der Waals surface area contributed by atoms with Gasteiger partial charge in [0, 0.05) is 5.92 Å². The second-order valence-electron chi connectivity index (χ2n) is 8.04. The van der Waals surface area contributed by atoms with Crippen LogP contribution >= 0.6 is 0 Å². The Balaban J connectivity index is 1.67. The van der Waals surface area contributed by atoms with E-state index < -0.39 is 11.4 Å². The predicted octanol–water partition coefficient (Wildman–Crippen LogP) is 3.01. The van der Waals surface area contributed by atoms with E-state index in [1.807, 2.05) is 37.3 Å². The molecule has 6 atom stereocenters. The second kappa shape index (κ2) is 7.01. The van der Waals surface area contributed by atoms with E-state index in [4.69, 9.17) is 18.9 Å². The van der Waals surface area contributed by atoms with Crippen LogP contribution in [-0.2, 0) is 35.1 Å². The molecule has 2 aliphatic heterocycles. The summed E-state index contributed by atoms with van der Waals surface area (Å²) in [6, 6.07) is 9.76. The molecular formula is C22H26O6. The first kappa shape index (κ1) is 19.2. The predicted molar refractivity (Wildman–Crippen MR) is 99.9 cm³/mol. The van der Waals surface area contributed by atoms with Crippen molar-refractivity contribution in [3.63, 3.8) is 0 Å². The lowest BCUT2D eigenvalue weighted by atomic mass is 9.63. The third-order valence-electron chi connectivity index (χ3n) is 6.51. The molecular weight excluding hydrogens is 360 g/mol. The van der Waals surface area contributed by atoms with E-state index >= 15 is 0 Å². The largest absolute Gasteiger partial charge is 0.469 e. The maximum Gasteiger partial charge on any atom is 0.312 e. The molecule has 0 aromatic heterocycles. The fraction of sp³-hybridized carbons (Fsp3) is 0.545. The number of hydrogen-bond donors (Lipinski definition) is 0. The molecule has 150 valence electrons. The average molecular weight is 386 g/mol. The molecule has 2 saturated heterocycles. The molecule has 28 heavy (non-hydrogen) atoms. The molecule has 1 aromatic carbocycles. The van der Waals surface area contributed by atoms with Gasteiger partial charge in [0.2, 0.25) is 5.79 Å². The molecule has 6 nitrogen and oxygen atoms in total. The molecule has 1 spiro atoms. The van der Waals surface area contributed by atoms with Crippen LogP contribution in [-0.4, -0.2) is 36.5 Å². The minimum atomic E-state index is -1.17. The molecule has 0 amide bonds. The molecule has 0 N–H and O–H groups in total. The highest BCUT2D eigenvalue weighted by Crippen LogP contribution is 2.61. The summed E-state index contributed by atoms with van der Waals surface area (Å²) in [5.41, 5.74) is 0.0756. The van der Waals surface area contributed by atoms with E-state index in [2.05, 4.69) is 6.58 Å². The van der Waals surface area contributed by atoms with Gasteiger partial charge in [0.15, 0.2) is 5.60 Å². The van der Waals surface area contributed by atoms with E-state index in [1.54, 1.807) is 6.08 Å². The van der Waals surface area contributed by atoms with Crippen LogP contribution in [0.25, 0.3) is 0 Å². The van der Waals surface area contributed by atoms with E-state index in [0.29, 0.717) is 19.4 Å². The van der Waals surface area contributed by atoms with Crippen LogP contribution in [0, 0.1) is 17.8 Å². The Kier molecular flexibility index (Phi) is 4.79. The summed E-state index contributed by atoms with van der Waals surface area (Å²) in [7, 11) is 1.40. The van der Waals surface area contributed by atoms with Gasteiger partial charge in [-0.15, -0.1) is 6.58 Å². The van der Waals surface area contributed by atoms with Crippen molar-refractivity contribution in [3.8, 4) is 0 Å². The van der Waals surface area contributed by atoms with Crippen LogP contribution in [0.1, 0.15) is 31.7 Å². The lowest BCUT2D eigenvalue weighted by molar-refractivity contribution is -0.274. The van der Waals surface area contributed by atoms with E-state index in [9.17, 15) is 9.59 Å². The summed E-state index contributed by atoms with van der Waals surface area (Å²) >= 11 is 0. The Hall–Kier alpha value is -2.18. The van der Waals surface area contributed by atoms with Gasteiger partial charge in [-0.05, 0) is 24.3 Å². The summed E-state index contributed by atoms with van der Waals surface area (Å²) in [5, 5.41) is 0. The van der Waals surface area contributed by atoms with Crippen LogP contribution in [0.3, 0.4) is 0 Å². The van der Waals surface area contributed by atoms with Gasteiger partial charge in [-0.2, -0.15) is 0 Å². The first-order valence-electron chi connectivity index (χ1n) is 9.72. The third-order valence-corrected chi connectivity index (χ3v) is 6.51. The molecule has 2 heterocycles. The molecule has 1 unspecified atom stereocenters. The number of rotatable bonds is 5. The first-order valence-corrected chi connectivity index (χ1v) is 9.72. The summed E-state index contributed by atoms with van der Waals surface area (Å²) in [5.74, 6) is -2.23. The fourth-order valence-corrected chi connectivity index (χ4v) is 5.20. The molecule has 0 bridgehead atoms. The molecule has 3 aliphatic rings. The summed E-state index contributed by atoms with van der Waals surface area (Å²) < 4.78 is 23.6. The van der Waals surface area contributed by atoms with Crippen LogP contribution in [0.5, 0.6) is 0 Å². The zero-order valence-corrected chi connectivity index (χ0v) is 16.3. The van der Waals surface area contributed by atoms with Crippen LogP contribution < -0.4 is 0 Å². The van der Waals surface area contributed by atoms with Gasteiger partial charge in [-0.1, -0.05) is 43.3 Å². The summed E-state index contributed by atoms with van der Waals surface area (Å²) in [6.07, 6.45) is 2.40. The van der Waals surface area contributed by atoms with Gasteiger partial charge < -0.3 is 18.9 Å². The molecule has 1 aromatic rings. The number of methoxy groups -OCH3 is 1. The number of esters is 2. The molecule has 3 fully saturated rings. The van der Waals surface area contributed by atoms with Crippen LogP contribution in [0.2, 0.25) is 0 Å². The zero-order chi connectivity index (χ0) is 19.9. The average Bonchev–Trinajstić information content (AvgIpc) is 3.10. The lowest BCUT2D eigenvalue weighted by Crippen LogP contribution is -2.57.